The fourth-order valence-electron chi connectivity index (χ4n) is 1.35. The maximum absolute atomic E-state index is 3.86. The third-order valence-corrected chi connectivity index (χ3v) is 2.06. The van der Waals surface area contributed by atoms with Gasteiger partial charge in [0.15, 0.2) is 5.82 Å². The number of nitrogens with zero attached hydrogens (tertiary/aromatic N) is 2. The predicted octanol–water partition coefficient (Wildman–Crippen LogP) is 2.17. The molecule has 72 valence electrons. The van der Waals surface area contributed by atoms with Crippen molar-refractivity contribution in [2.45, 2.75) is 13.8 Å². The summed E-state index contributed by atoms with van der Waals surface area (Å²) in [6, 6.07) is 6.23. The molecular weight excluding hydrogens is 176 g/mol. The molecule has 1 aromatic carbocycles. The molecule has 2 N–H and O–H groups in total. The van der Waals surface area contributed by atoms with Crippen molar-refractivity contribution in [3.8, 4) is 0 Å². The normalized spacial score (nSPS) is 10.1. The molecule has 0 saturated carbocycles. The van der Waals surface area contributed by atoms with Gasteiger partial charge in [0, 0.05) is 5.69 Å². The van der Waals surface area contributed by atoms with Gasteiger partial charge in [-0.3, -0.25) is 5.10 Å². The van der Waals surface area contributed by atoms with Crippen molar-refractivity contribution in [1.29, 1.82) is 0 Å². The van der Waals surface area contributed by atoms with Gasteiger partial charge in [-0.05, 0) is 25.5 Å². The van der Waals surface area contributed by atoms with Crippen LogP contribution in [0.2, 0.25) is 0 Å². The first-order valence-corrected chi connectivity index (χ1v) is 4.46. The van der Waals surface area contributed by atoms with E-state index in [0.717, 1.165) is 11.5 Å². The van der Waals surface area contributed by atoms with E-state index in [1.807, 2.05) is 6.07 Å². The molecule has 14 heavy (non-hydrogen) atoms. The first-order valence-electron chi connectivity index (χ1n) is 4.46. The third kappa shape index (κ3) is 1.74. The van der Waals surface area contributed by atoms with Crippen LogP contribution in [0.25, 0.3) is 0 Å². The molecule has 0 radical (unpaired) electrons. The summed E-state index contributed by atoms with van der Waals surface area (Å²) in [6.45, 7) is 4.14. The summed E-state index contributed by atoms with van der Waals surface area (Å²) in [4.78, 5) is 0. The molecule has 0 aliphatic rings. The number of benzene rings is 1. The molecule has 0 saturated heterocycles. The van der Waals surface area contributed by atoms with Crippen LogP contribution in [0.3, 0.4) is 0 Å². The first kappa shape index (κ1) is 8.74. The van der Waals surface area contributed by atoms with Crippen molar-refractivity contribution in [2.24, 2.45) is 0 Å². The van der Waals surface area contributed by atoms with Crippen molar-refractivity contribution in [3.63, 3.8) is 0 Å². The van der Waals surface area contributed by atoms with Gasteiger partial charge >= 0.3 is 0 Å². The van der Waals surface area contributed by atoms with Gasteiger partial charge in [0.25, 0.3) is 0 Å². The van der Waals surface area contributed by atoms with Crippen molar-refractivity contribution in [3.05, 3.63) is 35.5 Å². The second-order valence-corrected chi connectivity index (χ2v) is 3.30. The summed E-state index contributed by atoms with van der Waals surface area (Å²) in [5.41, 5.74) is 3.52. The number of rotatable bonds is 2. The predicted molar refractivity (Wildman–Crippen MR) is 55.6 cm³/mol. The van der Waals surface area contributed by atoms with Crippen LogP contribution in [0.5, 0.6) is 0 Å². The standard InChI is InChI=1S/C10H12N4/c1-7-3-4-9(8(2)5-7)12-10-6-11-14-13-10/h3-6H,1-2H3,(H2,11,12,13,14). The van der Waals surface area contributed by atoms with E-state index in [9.17, 15) is 0 Å². The Morgan fingerprint density at radius 1 is 1.29 bits per heavy atom. The molecule has 0 bridgehead atoms. The second-order valence-electron chi connectivity index (χ2n) is 3.30. The highest BCUT2D eigenvalue weighted by Gasteiger charge is 2.00. The maximum atomic E-state index is 3.86. The number of H-pyrrole nitrogens is 1. The summed E-state index contributed by atoms with van der Waals surface area (Å²) in [6.07, 6.45) is 1.72. The number of aromatic nitrogens is 3. The average Bonchev–Trinajstić information content (AvgIpc) is 2.62. The summed E-state index contributed by atoms with van der Waals surface area (Å²) < 4.78 is 0. The Morgan fingerprint density at radius 3 is 2.79 bits per heavy atom. The van der Waals surface area contributed by atoms with E-state index < -0.39 is 0 Å². The van der Waals surface area contributed by atoms with E-state index in [0.29, 0.717) is 0 Å². The van der Waals surface area contributed by atoms with Crippen LogP contribution >= 0.6 is 0 Å². The van der Waals surface area contributed by atoms with Gasteiger partial charge < -0.3 is 5.32 Å². The summed E-state index contributed by atoms with van der Waals surface area (Å²) in [7, 11) is 0. The number of nitrogens with one attached hydrogen (secondary N) is 2. The Bertz CT molecular complexity index is 420. The summed E-state index contributed by atoms with van der Waals surface area (Å²) in [5, 5.41) is 13.3. The zero-order chi connectivity index (χ0) is 9.97. The lowest BCUT2D eigenvalue weighted by Crippen LogP contribution is -1.93. The Labute approximate surface area is 82.4 Å². The summed E-state index contributed by atoms with van der Waals surface area (Å²) in [5.74, 6) is 0.733. The van der Waals surface area contributed by atoms with Gasteiger partial charge in [-0.2, -0.15) is 0 Å². The quantitative estimate of drug-likeness (QED) is 0.759. The fourth-order valence-corrected chi connectivity index (χ4v) is 1.35. The second kappa shape index (κ2) is 3.49. The van der Waals surface area contributed by atoms with Crippen LogP contribution in [0.4, 0.5) is 11.5 Å². The lowest BCUT2D eigenvalue weighted by molar-refractivity contribution is 0.942. The van der Waals surface area contributed by atoms with E-state index in [2.05, 4.69) is 46.7 Å². The lowest BCUT2D eigenvalue weighted by atomic mass is 10.1. The lowest BCUT2D eigenvalue weighted by Gasteiger charge is -2.06. The summed E-state index contributed by atoms with van der Waals surface area (Å²) >= 11 is 0. The highest BCUT2D eigenvalue weighted by Crippen LogP contribution is 2.19. The van der Waals surface area contributed by atoms with Gasteiger partial charge in [0.2, 0.25) is 0 Å². The van der Waals surface area contributed by atoms with E-state index in [4.69, 9.17) is 0 Å². The van der Waals surface area contributed by atoms with Crippen LogP contribution in [0.1, 0.15) is 11.1 Å². The molecule has 4 nitrogen and oxygen atoms in total. The van der Waals surface area contributed by atoms with Crippen molar-refractivity contribution in [1.82, 2.24) is 15.4 Å². The molecule has 0 fully saturated rings. The van der Waals surface area contributed by atoms with Crippen molar-refractivity contribution >= 4 is 11.5 Å². The minimum atomic E-state index is 0.733. The SMILES string of the molecule is Cc1ccc(Nc2c[nH]nn2)c(C)c1. The van der Waals surface area contributed by atoms with Crippen LogP contribution in [0.15, 0.2) is 24.4 Å². The van der Waals surface area contributed by atoms with Crippen LogP contribution in [0, 0.1) is 13.8 Å². The molecule has 2 rings (SSSR count). The van der Waals surface area contributed by atoms with Gasteiger partial charge in [0.05, 0.1) is 6.20 Å². The number of hydrogen-bond donors (Lipinski definition) is 2. The van der Waals surface area contributed by atoms with E-state index in [1.54, 1.807) is 6.20 Å². The maximum Gasteiger partial charge on any atom is 0.172 e. The van der Waals surface area contributed by atoms with Crippen LogP contribution in [-0.4, -0.2) is 15.4 Å². The molecule has 0 atom stereocenters. The Kier molecular flexibility index (Phi) is 2.18. The monoisotopic (exact) mass is 188 g/mol. The van der Waals surface area contributed by atoms with E-state index >= 15 is 0 Å². The largest absolute Gasteiger partial charge is 0.337 e. The van der Waals surface area contributed by atoms with Gasteiger partial charge in [-0.25, -0.2) is 0 Å². The first-order chi connectivity index (χ1) is 6.75. The Morgan fingerprint density at radius 2 is 2.14 bits per heavy atom. The number of hydrogen-bond acceptors (Lipinski definition) is 3. The third-order valence-electron chi connectivity index (χ3n) is 2.06. The smallest absolute Gasteiger partial charge is 0.172 e. The molecular formula is C10H12N4. The highest BCUT2D eigenvalue weighted by molar-refractivity contribution is 5.59. The number of aryl methyl sites for hydroxylation is 2. The Hall–Kier alpha value is -1.84. The molecule has 0 unspecified atom stereocenters. The van der Waals surface area contributed by atoms with Crippen molar-refractivity contribution in [2.75, 3.05) is 5.32 Å². The van der Waals surface area contributed by atoms with Gasteiger partial charge in [0.1, 0.15) is 0 Å². The highest BCUT2D eigenvalue weighted by atomic mass is 15.3. The molecule has 1 heterocycles. The van der Waals surface area contributed by atoms with Crippen LogP contribution in [-0.2, 0) is 0 Å². The molecule has 0 spiro atoms. The van der Waals surface area contributed by atoms with E-state index in [1.165, 1.54) is 11.1 Å². The molecule has 0 amide bonds. The molecule has 2 aromatic rings. The molecule has 4 heteroatoms. The topological polar surface area (TPSA) is 53.6 Å². The fraction of sp³-hybridized carbons (Fsp3) is 0.200. The number of anilines is 2. The minimum Gasteiger partial charge on any atom is -0.337 e. The van der Waals surface area contributed by atoms with E-state index in [-0.39, 0.29) is 0 Å². The molecule has 1 aromatic heterocycles. The number of aromatic amines is 1. The van der Waals surface area contributed by atoms with Gasteiger partial charge in [-0.15, -0.1) is 5.10 Å². The molecule has 0 aliphatic carbocycles. The Balaban J connectivity index is 2.25. The zero-order valence-corrected chi connectivity index (χ0v) is 8.20. The molecule has 0 aliphatic heterocycles. The zero-order valence-electron chi connectivity index (χ0n) is 8.20. The average molecular weight is 188 g/mol. The van der Waals surface area contributed by atoms with Gasteiger partial charge in [-0.1, -0.05) is 22.9 Å². The van der Waals surface area contributed by atoms with Crippen molar-refractivity contribution < 1.29 is 0 Å². The van der Waals surface area contributed by atoms with Crippen LogP contribution < -0.4 is 5.32 Å². The minimum absolute atomic E-state index is 0.733.